The number of amides is 1. The van der Waals surface area contributed by atoms with Gasteiger partial charge in [0, 0.05) is 62.9 Å². The quantitative estimate of drug-likeness (QED) is 0.845. The molecule has 2 aliphatic rings. The predicted molar refractivity (Wildman–Crippen MR) is 98.7 cm³/mol. The molecule has 1 aromatic carbocycles. The minimum atomic E-state index is -0.988. The number of nitrogens with zero attached hydrogens (tertiary/aromatic N) is 3. The zero-order valence-electron chi connectivity index (χ0n) is 15.8. The van der Waals surface area contributed by atoms with Crippen LogP contribution in [-0.4, -0.2) is 47.1 Å². The minimum absolute atomic E-state index is 0.118. The van der Waals surface area contributed by atoms with E-state index in [1.54, 1.807) is 0 Å². The maximum atomic E-state index is 13.7. The third-order valence-corrected chi connectivity index (χ3v) is 5.71. The highest BCUT2D eigenvalue weighted by molar-refractivity contribution is 5.94. The van der Waals surface area contributed by atoms with E-state index in [1.165, 1.54) is 12.4 Å². The number of benzene rings is 1. The molecule has 154 valence electrons. The SMILES string of the molecule is O=C(c1cnc(NCc2c(F)cc(F)cc2F)nc1)N1CCC2(CCOCC2)C1. The summed E-state index contributed by atoms with van der Waals surface area (Å²) in [6.45, 7) is 2.63. The van der Waals surface area contributed by atoms with Crippen molar-refractivity contribution in [2.24, 2.45) is 5.41 Å². The number of halogens is 3. The van der Waals surface area contributed by atoms with Crippen molar-refractivity contribution in [2.45, 2.75) is 25.8 Å². The fraction of sp³-hybridized carbons (Fsp3) is 0.450. The number of hydrogen-bond acceptors (Lipinski definition) is 5. The van der Waals surface area contributed by atoms with Gasteiger partial charge in [0.1, 0.15) is 17.5 Å². The van der Waals surface area contributed by atoms with E-state index in [-0.39, 0.29) is 29.4 Å². The molecular weight excluding hydrogens is 385 g/mol. The molecule has 6 nitrogen and oxygen atoms in total. The summed E-state index contributed by atoms with van der Waals surface area (Å²) in [5, 5.41) is 2.68. The standard InChI is InChI=1S/C20H21F3N4O2/c21-14-7-16(22)15(17(23)8-14)11-26-19-24-9-13(10-25-19)18(28)27-4-1-20(12-27)2-5-29-6-3-20/h7-10H,1-6,11-12H2,(H,24,25,26). The Hall–Kier alpha value is -2.68. The molecule has 1 N–H and O–H groups in total. The van der Waals surface area contributed by atoms with Crippen LogP contribution in [0.4, 0.5) is 19.1 Å². The van der Waals surface area contributed by atoms with Crippen LogP contribution in [0.25, 0.3) is 0 Å². The van der Waals surface area contributed by atoms with E-state index >= 15 is 0 Å². The lowest BCUT2D eigenvalue weighted by molar-refractivity contribution is 0.0191. The van der Waals surface area contributed by atoms with Crippen LogP contribution in [0.2, 0.25) is 0 Å². The highest BCUT2D eigenvalue weighted by Crippen LogP contribution is 2.40. The molecule has 2 fully saturated rings. The van der Waals surface area contributed by atoms with Crippen molar-refractivity contribution in [1.82, 2.24) is 14.9 Å². The smallest absolute Gasteiger partial charge is 0.257 e. The molecule has 2 saturated heterocycles. The molecular formula is C20H21F3N4O2. The molecule has 29 heavy (non-hydrogen) atoms. The minimum Gasteiger partial charge on any atom is -0.381 e. The van der Waals surface area contributed by atoms with E-state index in [1.807, 2.05) is 4.90 Å². The lowest BCUT2D eigenvalue weighted by Crippen LogP contribution is -2.35. The van der Waals surface area contributed by atoms with Crippen molar-refractivity contribution >= 4 is 11.9 Å². The molecule has 0 unspecified atom stereocenters. The molecule has 9 heteroatoms. The van der Waals surface area contributed by atoms with Gasteiger partial charge >= 0.3 is 0 Å². The number of hydrogen-bond donors (Lipinski definition) is 1. The van der Waals surface area contributed by atoms with Gasteiger partial charge in [-0.1, -0.05) is 0 Å². The second-order valence-corrected chi connectivity index (χ2v) is 7.59. The van der Waals surface area contributed by atoms with E-state index in [0.29, 0.717) is 30.8 Å². The molecule has 0 bridgehead atoms. The van der Waals surface area contributed by atoms with E-state index < -0.39 is 17.5 Å². The van der Waals surface area contributed by atoms with Crippen molar-refractivity contribution in [1.29, 1.82) is 0 Å². The van der Waals surface area contributed by atoms with Crippen molar-refractivity contribution in [3.05, 3.63) is 53.1 Å². The van der Waals surface area contributed by atoms with Crippen molar-refractivity contribution in [3.63, 3.8) is 0 Å². The Kier molecular flexibility index (Phi) is 5.40. The van der Waals surface area contributed by atoms with E-state index in [4.69, 9.17) is 4.74 Å². The topological polar surface area (TPSA) is 67.4 Å². The molecule has 4 rings (SSSR count). The van der Waals surface area contributed by atoms with Gasteiger partial charge in [0.25, 0.3) is 5.91 Å². The number of anilines is 1. The number of carbonyl (C=O) groups excluding carboxylic acids is 1. The third kappa shape index (κ3) is 4.19. The van der Waals surface area contributed by atoms with Crippen LogP contribution in [0.15, 0.2) is 24.5 Å². The van der Waals surface area contributed by atoms with Gasteiger partial charge in [0.05, 0.1) is 5.56 Å². The van der Waals surface area contributed by atoms with Gasteiger partial charge < -0.3 is 15.0 Å². The van der Waals surface area contributed by atoms with Gasteiger partial charge in [0.15, 0.2) is 0 Å². The highest BCUT2D eigenvalue weighted by Gasteiger charge is 2.41. The van der Waals surface area contributed by atoms with Crippen LogP contribution in [0.3, 0.4) is 0 Å². The Morgan fingerprint density at radius 3 is 2.41 bits per heavy atom. The fourth-order valence-electron chi connectivity index (χ4n) is 3.94. The van der Waals surface area contributed by atoms with Gasteiger partial charge in [-0.05, 0) is 24.7 Å². The van der Waals surface area contributed by atoms with E-state index in [0.717, 1.165) is 32.5 Å². The Morgan fingerprint density at radius 1 is 1.10 bits per heavy atom. The second-order valence-electron chi connectivity index (χ2n) is 7.59. The maximum Gasteiger partial charge on any atom is 0.257 e. The zero-order valence-corrected chi connectivity index (χ0v) is 15.8. The Balaban J connectivity index is 1.37. The average molecular weight is 406 g/mol. The van der Waals surface area contributed by atoms with Gasteiger partial charge in [-0.15, -0.1) is 0 Å². The molecule has 0 atom stereocenters. The van der Waals surface area contributed by atoms with Crippen LogP contribution in [-0.2, 0) is 11.3 Å². The molecule has 1 amide bonds. The number of ether oxygens (including phenoxy) is 1. The van der Waals surface area contributed by atoms with Gasteiger partial charge in [-0.2, -0.15) is 0 Å². The maximum absolute atomic E-state index is 13.7. The molecule has 2 aliphatic heterocycles. The first-order valence-electron chi connectivity index (χ1n) is 9.52. The average Bonchev–Trinajstić information content (AvgIpc) is 3.11. The monoisotopic (exact) mass is 406 g/mol. The zero-order chi connectivity index (χ0) is 20.4. The summed E-state index contributed by atoms with van der Waals surface area (Å²) in [5.41, 5.74) is 0.201. The molecule has 0 aliphatic carbocycles. The number of nitrogens with one attached hydrogen (secondary N) is 1. The van der Waals surface area contributed by atoms with Crippen molar-refractivity contribution in [3.8, 4) is 0 Å². The van der Waals surface area contributed by atoms with Crippen LogP contribution in [0.1, 0.15) is 35.2 Å². The Morgan fingerprint density at radius 2 is 1.76 bits per heavy atom. The van der Waals surface area contributed by atoms with Crippen LogP contribution in [0.5, 0.6) is 0 Å². The van der Waals surface area contributed by atoms with Crippen molar-refractivity contribution in [2.75, 3.05) is 31.6 Å². The highest BCUT2D eigenvalue weighted by atomic mass is 19.1. The molecule has 1 spiro atoms. The number of rotatable bonds is 4. The summed E-state index contributed by atoms with van der Waals surface area (Å²) in [6.07, 6.45) is 5.69. The Bertz CT molecular complexity index is 878. The summed E-state index contributed by atoms with van der Waals surface area (Å²) in [7, 11) is 0. The number of carbonyl (C=O) groups is 1. The summed E-state index contributed by atoms with van der Waals surface area (Å²) < 4.78 is 45.8. The van der Waals surface area contributed by atoms with Crippen LogP contribution in [0, 0.1) is 22.9 Å². The number of aromatic nitrogens is 2. The second kappa shape index (κ2) is 7.98. The van der Waals surface area contributed by atoms with Crippen LogP contribution >= 0.6 is 0 Å². The molecule has 1 aromatic heterocycles. The van der Waals surface area contributed by atoms with Gasteiger partial charge in [0.2, 0.25) is 5.95 Å². The van der Waals surface area contributed by atoms with E-state index in [2.05, 4.69) is 15.3 Å². The third-order valence-electron chi connectivity index (χ3n) is 5.71. The largest absolute Gasteiger partial charge is 0.381 e. The first-order chi connectivity index (χ1) is 14.0. The summed E-state index contributed by atoms with van der Waals surface area (Å²) in [6, 6.07) is 1.23. The normalized spacial score (nSPS) is 18.2. The summed E-state index contributed by atoms with van der Waals surface area (Å²) >= 11 is 0. The van der Waals surface area contributed by atoms with Gasteiger partial charge in [-0.25, -0.2) is 23.1 Å². The van der Waals surface area contributed by atoms with Crippen molar-refractivity contribution < 1.29 is 22.7 Å². The lowest BCUT2D eigenvalue weighted by Gasteiger charge is -2.33. The summed E-state index contributed by atoms with van der Waals surface area (Å²) in [4.78, 5) is 22.7. The van der Waals surface area contributed by atoms with E-state index in [9.17, 15) is 18.0 Å². The molecule has 3 heterocycles. The Labute approximate surface area is 166 Å². The molecule has 0 radical (unpaired) electrons. The lowest BCUT2D eigenvalue weighted by atomic mass is 9.80. The number of likely N-dealkylation sites (tertiary alicyclic amines) is 1. The summed E-state index contributed by atoms with van der Waals surface area (Å²) in [5.74, 6) is -2.97. The predicted octanol–water partition coefficient (Wildman–Crippen LogP) is 3.15. The first kappa shape index (κ1) is 19.6. The molecule has 0 saturated carbocycles. The van der Waals surface area contributed by atoms with Gasteiger partial charge in [-0.3, -0.25) is 4.79 Å². The molecule has 2 aromatic rings. The van der Waals surface area contributed by atoms with Crippen LogP contribution < -0.4 is 5.32 Å². The fourth-order valence-corrected chi connectivity index (χ4v) is 3.94. The first-order valence-corrected chi connectivity index (χ1v) is 9.52.